The molecule has 0 aromatic carbocycles. The van der Waals surface area contributed by atoms with Crippen LogP contribution in [0.25, 0.3) is 0 Å². The second-order valence-corrected chi connectivity index (χ2v) is 4.74. The number of nitrogens with one attached hydrogen (secondary N) is 1. The molecule has 2 N–H and O–H groups in total. The normalized spacial score (nSPS) is 35.6. The number of rotatable bonds is 3. The number of hydrogen-bond acceptors (Lipinski definition) is 3. The van der Waals surface area contributed by atoms with Crippen molar-refractivity contribution in [3.05, 3.63) is 0 Å². The van der Waals surface area contributed by atoms with Crippen LogP contribution in [0, 0.1) is 0 Å². The minimum Gasteiger partial charge on any atom is -0.395 e. The molecule has 0 aliphatic carbocycles. The summed E-state index contributed by atoms with van der Waals surface area (Å²) in [7, 11) is 0. The Kier molecular flexibility index (Phi) is 3.42. The van der Waals surface area contributed by atoms with Crippen molar-refractivity contribution in [1.29, 1.82) is 0 Å². The maximum absolute atomic E-state index is 9.02. The molecular formula is C11H22N2O. The van der Waals surface area contributed by atoms with Gasteiger partial charge in [-0.3, -0.25) is 4.90 Å². The monoisotopic (exact) mass is 198 g/mol. The van der Waals surface area contributed by atoms with Crippen molar-refractivity contribution in [2.24, 2.45) is 0 Å². The van der Waals surface area contributed by atoms with E-state index in [1.807, 2.05) is 0 Å². The molecule has 14 heavy (non-hydrogen) atoms. The minimum atomic E-state index is 0.252. The summed E-state index contributed by atoms with van der Waals surface area (Å²) in [4.78, 5) is 2.62. The van der Waals surface area contributed by atoms with Crippen molar-refractivity contribution in [3.8, 4) is 0 Å². The van der Waals surface area contributed by atoms with Crippen LogP contribution in [0.1, 0.15) is 32.6 Å². The second kappa shape index (κ2) is 4.60. The lowest BCUT2D eigenvalue weighted by atomic mass is 9.98. The standard InChI is InChI=1S/C11H22N2O/c1-9(8-14)12-10-5-7-13-6-3-2-4-11(10)13/h9-12,14H,2-8H2,1H3/t9-,10?,11?/m1/s1. The topological polar surface area (TPSA) is 35.5 Å². The number of nitrogens with zero attached hydrogens (tertiary/aromatic N) is 1. The van der Waals surface area contributed by atoms with Gasteiger partial charge in [-0.2, -0.15) is 0 Å². The Hall–Kier alpha value is -0.120. The number of piperidine rings is 1. The molecule has 0 bridgehead atoms. The third-order valence-electron chi connectivity index (χ3n) is 3.63. The van der Waals surface area contributed by atoms with E-state index >= 15 is 0 Å². The van der Waals surface area contributed by atoms with Gasteiger partial charge < -0.3 is 10.4 Å². The van der Waals surface area contributed by atoms with E-state index in [0.29, 0.717) is 6.04 Å². The summed E-state index contributed by atoms with van der Waals surface area (Å²) in [6, 6.07) is 1.62. The van der Waals surface area contributed by atoms with E-state index in [9.17, 15) is 0 Å². The number of fused-ring (bicyclic) bond motifs is 1. The summed E-state index contributed by atoms with van der Waals surface area (Å²) >= 11 is 0. The molecule has 0 aromatic heterocycles. The Morgan fingerprint density at radius 3 is 3.00 bits per heavy atom. The van der Waals surface area contributed by atoms with Crippen molar-refractivity contribution in [2.45, 2.75) is 50.7 Å². The maximum atomic E-state index is 9.02. The van der Waals surface area contributed by atoms with Crippen molar-refractivity contribution in [2.75, 3.05) is 19.7 Å². The molecule has 0 aromatic rings. The van der Waals surface area contributed by atoms with Gasteiger partial charge in [-0.15, -0.1) is 0 Å². The van der Waals surface area contributed by atoms with E-state index in [0.717, 1.165) is 6.04 Å². The first-order valence-electron chi connectivity index (χ1n) is 5.92. The van der Waals surface area contributed by atoms with Crippen LogP contribution in [0.3, 0.4) is 0 Å². The van der Waals surface area contributed by atoms with E-state index in [1.54, 1.807) is 0 Å². The smallest absolute Gasteiger partial charge is 0.0582 e. The van der Waals surface area contributed by atoms with Crippen molar-refractivity contribution >= 4 is 0 Å². The number of aliphatic hydroxyl groups is 1. The Labute approximate surface area is 86.5 Å². The van der Waals surface area contributed by atoms with E-state index in [-0.39, 0.29) is 12.6 Å². The number of aliphatic hydroxyl groups excluding tert-OH is 1. The van der Waals surface area contributed by atoms with Crippen LogP contribution >= 0.6 is 0 Å². The molecule has 2 rings (SSSR count). The van der Waals surface area contributed by atoms with Gasteiger partial charge in [0.2, 0.25) is 0 Å². The van der Waals surface area contributed by atoms with Crippen molar-refractivity contribution in [1.82, 2.24) is 10.2 Å². The second-order valence-electron chi connectivity index (χ2n) is 4.74. The van der Waals surface area contributed by atoms with Gasteiger partial charge in [-0.25, -0.2) is 0 Å². The van der Waals surface area contributed by atoms with Gasteiger partial charge in [-0.1, -0.05) is 6.42 Å². The Bertz CT molecular complexity index is 186. The lowest BCUT2D eigenvalue weighted by molar-refractivity contribution is 0.168. The molecule has 0 spiro atoms. The van der Waals surface area contributed by atoms with Gasteiger partial charge in [0, 0.05) is 24.7 Å². The first-order chi connectivity index (χ1) is 6.81. The summed E-state index contributed by atoms with van der Waals surface area (Å²) < 4.78 is 0. The zero-order valence-corrected chi connectivity index (χ0v) is 9.08. The summed E-state index contributed by atoms with van der Waals surface area (Å²) in [5.74, 6) is 0. The SMILES string of the molecule is C[C@H](CO)NC1CCN2CCCCC12. The Morgan fingerprint density at radius 1 is 1.36 bits per heavy atom. The molecule has 3 heteroatoms. The van der Waals surface area contributed by atoms with Crippen LogP contribution < -0.4 is 5.32 Å². The average molecular weight is 198 g/mol. The average Bonchev–Trinajstić information content (AvgIpc) is 2.62. The molecular weight excluding hydrogens is 176 g/mol. The maximum Gasteiger partial charge on any atom is 0.0582 e. The molecule has 2 saturated heterocycles. The minimum absolute atomic E-state index is 0.252. The lowest BCUT2D eigenvalue weighted by Gasteiger charge is -2.33. The molecule has 2 aliphatic heterocycles. The molecule has 0 radical (unpaired) electrons. The number of hydrogen-bond donors (Lipinski definition) is 2. The predicted molar refractivity (Wildman–Crippen MR) is 57.3 cm³/mol. The highest BCUT2D eigenvalue weighted by Crippen LogP contribution is 2.27. The molecule has 2 aliphatic rings. The summed E-state index contributed by atoms with van der Waals surface area (Å²) in [6.07, 6.45) is 5.36. The molecule has 3 nitrogen and oxygen atoms in total. The fraction of sp³-hybridized carbons (Fsp3) is 1.00. The third-order valence-corrected chi connectivity index (χ3v) is 3.63. The fourth-order valence-corrected chi connectivity index (χ4v) is 2.86. The molecule has 2 heterocycles. The molecule has 2 fully saturated rings. The quantitative estimate of drug-likeness (QED) is 0.696. The van der Waals surface area contributed by atoms with Crippen LogP contribution in [0.5, 0.6) is 0 Å². The Balaban J connectivity index is 1.87. The summed E-state index contributed by atoms with van der Waals surface area (Å²) in [5.41, 5.74) is 0. The van der Waals surface area contributed by atoms with Gasteiger partial charge in [-0.05, 0) is 32.7 Å². The van der Waals surface area contributed by atoms with Gasteiger partial charge in [0.05, 0.1) is 6.61 Å². The lowest BCUT2D eigenvalue weighted by Crippen LogP contribution is -2.48. The van der Waals surface area contributed by atoms with E-state index in [1.165, 1.54) is 38.8 Å². The van der Waals surface area contributed by atoms with Crippen LogP contribution in [-0.4, -0.2) is 47.8 Å². The molecule has 3 atom stereocenters. The van der Waals surface area contributed by atoms with Crippen LogP contribution in [0.4, 0.5) is 0 Å². The first-order valence-corrected chi connectivity index (χ1v) is 5.92. The highest BCUT2D eigenvalue weighted by molar-refractivity contribution is 4.94. The van der Waals surface area contributed by atoms with Gasteiger partial charge in [0.1, 0.15) is 0 Å². The molecule has 82 valence electrons. The van der Waals surface area contributed by atoms with Crippen molar-refractivity contribution < 1.29 is 5.11 Å². The van der Waals surface area contributed by atoms with Crippen LogP contribution in [0.15, 0.2) is 0 Å². The van der Waals surface area contributed by atoms with Gasteiger partial charge in [0.25, 0.3) is 0 Å². The molecule has 2 unspecified atom stereocenters. The zero-order valence-electron chi connectivity index (χ0n) is 9.08. The summed E-state index contributed by atoms with van der Waals surface area (Å²) in [6.45, 7) is 4.85. The predicted octanol–water partition coefficient (Wildman–Crippen LogP) is 0.584. The van der Waals surface area contributed by atoms with Gasteiger partial charge >= 0.3 is 0 Å². The van der Waals surface area contributed by atoms with E-state index in [2.05, 4.69) is 17.1 Å². The van der Waals surface area contributed by atoms with E-state index in [4.69, 9.17) is 5.11 Å². The molecule has 0 saturated carbocycles. The van der Waals surface area contributed by atoms with Gasteiger partial charge in [0.15, 0.2) is 0 Å². The molecule has 0 amide bonds. The summed E-state index contributed by atoms with van der Waals surface area (Å²) in [5, 5.41) is 12.6. The third kappa shape index (κ3) is 2.10. The van der Waals surface area contributed by atoms with Crippen LogP contribution in [-0.2, 0) is 0 Å². The highest BCUT2D eigenvalue weighted by Gasteiger charge is 2.35. The van der Waals surface area contributed by atoms with Crippen LogP contribution in [0.2, 0.25) is 0 Å². The highest BCUT2D eigenvalue weighted by atomic mass is 16.3. The fourth-order valence-electron chi connectivity index (χ4n) is 2.86. The first kappa shape index (κ1) is 10.4. The van der Waals surface area contributed by atoms with Crippen molar-refractivity contribution in [3.63, 3.8) is 0 Å². The largest absolute Gasteiger partial charge is 0.395 e. The van der Waals surface area contributed by atoms with E-state index < -0.39 is 0 Å². The zero-order chi connectivity index (χ0) is 9.97. The Morgan fingerprint density at radius 2 is 2.21 bits per heavy atom.